The molecule has 2 aliphatic rings. The third-order valence-electron chi connectivity index (χ3n) is 6.75. The van der Waals surface area contributed by atoms with E-state index in [9.17, 15) is 19.1 Å². The van der Waals surface area contributed by atoms with Crippen molar-refractivity contribution in [2.45, 2.75) is 39.5 Å². The van der Waals surface area contributed by atoms with Crippen molar-refractivity contribution >= 4 is 23.2 Å². The van der Waals surface area contributed by atoms with Gasteiger partial charge in [-0.05, 0) is 67.3 Å². The van der Waals surface area contributed by atoms with Crippen LogP contribution in [0.5, 0.6) is 0 Å². The second kappa shape index (κ2) is 11.4. The minimum atomic E-state index is -1.17. The third kappa shape index (κ3) is 6.15. The van der Waals surface area contributed by atoms with E-state index < -0.39 is 6.35 Å². The Morgan fingerprint density at radius 1 is 1.14 bits per heavy atom. The molecular weight excluding hydrogens is 461 g/mol. The quantitative estimate of drug-likeness (QED) is 0.522. The van der Waals surface area contributed by atoms with Gasteiger partial charge in [0.1, 0.15) is 11.6 Å². The summed E-state index contributed by atoms with van der Waals surface area (Å²) in [6.07, 6.45) is 1.91. The molecule has 2 aliphatic heterocycles. The second-order valence-electron chi connectivity index (χ2n) is 9.18. The summed E-state index contributed by atoms with van der Waals surface area (Å²) >= 11 is 0. The van der Waals surface area contributed by atoms with Crippen LogP contribution in [0.4, 0.5) is 15.8 Å². The van der Waals surface area contributed by atoms with Gasteiger partial charge in [-0.25, -0.2) is 4.39 Å². The van der Waals surface area contributed by atoms with Crippen molar-refractivity contribution in [2.24, 2.45) is 0 Å². The largest absolute Gasteiger partial charge is 0.368 e. The Balaban J connectivity index is 1.23. The lowest BCUT2D eigenvalue weighted by atomic mass is 10.1. The molecule has 192 valence electrons. The Labute approximate surface area is 211 Å². The van der Waals surface area contributed by atoms with Crippen molar-refractivity contribution in [1.29, 1.82) is 0 Å². The zero-order valence-corrected chi connectivity index (χ0v) is 20.8. The summed E-state index contributed by atoms with van der Waals surface area (Å²) < 4.78 is 13.1. The summed E-state index contributed by atoms with van der Waals surface area (Å²) in [6.45, 7) is 6.98. The smallest absolute Gasteiger partial charge is 0.253 e. The fourth-order valence-corrected chi connectivity index (χ4v) is 4.60. The van der Waals surface area contributed by atoms with Crippen LogP contribution in [0, 0.1) is 12.7 Å². The maximum atomic E-state index is 13.1. The predicted molar refractivity (Wildman–Crippen MR) is 138 cm³/mol. The van der Waals surface area contributed by atoms with Gasteiger partial charge >= 0.3 is 0 Å². The van der Waals surface area contributed by atoms with Crippen LogP contribution in [-0.4, -0.2) is 65.8 Å². The molecule has 8 nitrogen and oxygen atoms in total. The molecule has 3 N–H and O–H groups in total. The molecule has 4 rings (SSSR count). The van der Waals surface area contributed by atoms with E-state index in [1.165, 1.54) is 34.2 Å². The zero-order chi connectivity index (χ0) is 25.7. The highest BCUT2D eigenvalue weighted by molar-refractivity contribution is 5.90. The lowest BCUT2D eigenvalue weighted by molar-refractivity contribution is -0.140. The van der Waals surface area contributed by atoms with Crippen molar-refractivity contribution in [3.05, 3.63) is 71.3 Å². The first-order chi connectivity index (χ1) is 17.3. The number of rotatable bonds is 8. The van der Waals surface area contributed by atoms with Crippen LogP contribution in [0.15, 0.2) is 54.4 Å². The fraction of sp³-hybridized carbons (Fsp3) is 0.407. The molecule has 2 amide bonds. The molecule has 0 saturated carbocycles. The molecule has 0 aliphatic carbocycles. The highest BCUT2D eigenvalue weighted by Crippen LogP contribution is 2.20. The number of carbonyl (C=O) groups is 2. The van der Waals surface area contributed by atoms with Gasteiger partial charge in [-0.15, -0.1) is 0 Å². The van der Waals surface area contributed by atoms with Crippen LogP contribution < -0.4 is 15.5 Å². The normalized spacial score (nSPS) is 18.1. The molecule has 1 unspecified atom stereocenters. The van der Waals surface area contributed by atoms with E-state index in [-0.39, 0.29) is 24.2 Å². The molecule has 0 bridgehead atoms. The number of nitrogens with zero attached hydrogens (tertiary/aromatic N) is 3. The number of carbonyl (C=O) groups excluding carboxylic acids is 2. The molecule has 2 aromatic carbocycles. The van der Waals surface area contributed by atoms with E-state index in [4.69, 9.17) is 0 Å². The molecular formula is C27H34FN5O3. The fourth-order valence-electron chi connectivity index (χ4n) is 4.60. The number of piperazine rings is 1. The second-order valence-corrected chi connectivity index (χ2v) is 9.18. The van der Waals surface area contributed by atoms with E-state index in [1.807, 2.05) is 23.1 Å². The van der Waals surface area contributed by atoms with Crippen molar-refractivity contribution < 1.29 is 19.1 Å². The van der Waals surface area contributed by atoms with Crippen molar-refractivity contribution in [3.8, 4) is 0 Å². The topological polar surface area (TPSA) is 88.2 Å². The van der Waals surface area contributed by atoms with Gasteiger partial charge in [0.15, 0.2) is 0 Å². The van der Waals surface area contributed by atoms with Gasteiger partial charge in [0.2, 0.25) is 12.3 Å². The molecule has 0 aromatic heterocycles. The van der Waals surface area contributed by atoms with E-state index in [1.54, 1.807) is 12.1 Å². The first kappa shape index (κ1) is 25.5. The number of aliphatic hydroxyl groups is 1. The predicted octanol–water partition coefficient (Wildman–Crippen LogP) is 2.79. The Morgan fingerprint density at radius 2 is 1.86 bits per heavy atom. The monoisotopic (exact) mass is 495 g/mol. The summed E-state index contributed by atoms with van der Waals surface area (Å²) in [4.78, 5) is 30.6. The van der Waals surface area contributed by atoms with Gasteiger partial charge < -0.3 is 25.5 Å². The van der Waals surface area contributed by atoms with E-state index >= 15 is 0 Å². The molecule has 1 saturated heterocycles. The SMILES string of the molecule is CCc1cc(NC2=CC(=O)N(CCCC(=O)N3CCN(c4ccc(F)cc4)CC3)C(O)N2)ccc1C. The van der Waals surface area contributed by atoms with Crippen molar-refractivity contribution in [2.75, 3.05) is 42.9 Å². The number of hydrogen-bond donors (Lipinski definition) is 3. The number of aryl methyl sites for hydroxylation is 2. The minimum Gasteiger partial charge on any atom is -0.368 e. The van der Waals surface area contributed by atoms with Gasteiger partial charge in [-0.3, -0.25) is 14.5 Å². The van der Waals surface area contributed by atoms with Gasteiger partial charge in [-0.1, -0.05) is 13.0 Å². The van der Waals surface area contributed by atoms with Crippen LogP contribution in [0.2, 0.25) is 0 Å². The number of aliphatic hydroxyl groups excluding tert-OH is 1. The van der Waals surface area contributed by atoms with Crippen LogP contribution in [0.3, 0.4) is 0 Å². The Kier molecular flexibility index (Phi) is 8.10. The molecule has 0 spiro atoms. The highest BCUT2D eigenvalue weighted by Gasteiger charge is 2.27. The van der Waals surface area contributed by atoms with E-state index in [2.05, 4.69) is 29.4 Å². The molecule has 1 atom stereocenters. The first-order valence-corrected chi connectivity index (χ1v) is 12.5. The summed E-state index contributed by atoms with van der Waals surface area (Å²) in [5.74, 6) is -0.110. The number of anilines is 2. The Morgan fingerprint density at radius 3 is 2.53 bits per heavy atom. The number of amides is 2. The molecule has 2 aromatic rings. The Bertz CT molecular complexity index is 1110. The van der Waals surface area contributed by atoms with Crippen LogP contribution in [0.1, 0.15) is 30.9 Å². The van der Waals surface area contributed by atoms with Gasteiger partial charge in [0.25, 0.3) is 5.91 Å². The number of hydrogen-bond acceptors (Lipinski definition) is 6. The average molecular weight is 496 g/mol. The van der Waals surface area contributed by atoms with E-state index in [0.717, 1.165) is 17.8 Å². The van der Waals surface area contributed by atoms with Crippen molar-refractivity contribution in [3.63, 3.8) is 0 Å². The summed E-state index contributed by atoms with van der Waals surface area (Å²) in [5.41, 5.74) is 4.21. The lowest BCUT2D eigenvalue weighted by Crippen LogP contribution is -2.53. The Hall–Kier alpha value is -3.59. The van der Waals surface area contributed by atoms with Crippen molar-refractivity contribution in [1.82, 2.24) is 15.1 Å². The van der Waals surface area contributed by atoms with E-state index in [0.29, 0.717) is 44.8 Å². The molecule has 2 heterocycles. The maximum absolute atomic E-state index is 13.1. The molecule has 0 radical (unpaired) electrons. The number of nitrogens with one attached hydrogen (secondary N) is 2. The zero-order valence-electron chi connectivity index (χ0n) is 20.8. The van der Waals surface area contributed by atoms with Crippen LogP contribution >= 0.6 is 0 Å². The summed E-state index contributed by atoms with van der Waals surface area (Å²) in [7, 11) is 0. The van der Waals surface area contributed by atoms with Gasteiger partial charge in [0.05, 0.1) is 0 Å². The summed E-state index contributed by atoms with van der Waals surface area (Å²) in [5, 5.41) is 16.6. The molecule has 1 fully saturated rings. The highest BCUT2D eigenvalue weighted by atomic mass is 19.1. The maximum Gasteiger partial charge on any atom is 0.253 e. The lowest BCUT2D eigenvalue weighted by Gasteiger charge is -2.36. The molecule has 9 heteroatoms. The average Bonchev–Trinajstić information content (AvgIpc) is 2.87. The van der Waals surface area contributed by atoms with Gasteiger partial charge in [0, 0.05) is 56.6 Å². The number of halogens is 1. The standard InChI is InChI=1S/C27H34FN5O3/c1-3-20-17-22(9-6-19(20)2)29-24-18-26(35)33(27(36)30-24)12-4-5-25(34)32-15-13-31(14-16-32)23-10-7-21(28)8-11-23/h6-11,17-18,27,29-30,36H,3-5,12-16H2,1-2H3. The van der Waals surface area contributed by atoms with Crippen LogP contribution in [-0.2, 0) is 16.0 Å². The van der Waals surface area contributed by atoms with Gasteiger partial charge in [-0.2, -0.15) is 0 Å². The minimum absolute atomic E-state index is 0.0321. The van der Waals surface area contributed by atoms with Crippen LogP contribution in [0.25, 0.3) is 0 Å². The summed E-state index contributed by atoms with van der Waals surface area (Å²) in [6, 6.07) is 12.4. The molecule has 36 heavy (non-hydrogen) atoms. The third-order valence-corrected chi connectivity index (χ3v) is 6.75. The first-order valence-electron chi connectivity index (χ1n) is 12.5. The number of benzene rings is 2.